The molecule has 1 aliphatic rings. The highest BCUT2D eigenvalue weighted by molar-refractivity contribution is 6.10. The van der Waals surface area contributed by atoms with Gasteiger partial charge < -0.3 is 14.8 Å². The maximum Gasteiger partial charge on any atom is 0.226 e. The second-order valence-electron chi connectivity index (χ2n) is 7.31. The third kappa shape index (κ3) is 3.22. The number of carbonyl (C=O) groups is 2. The number of hydrogen-bond donors (Lipinski definition) is 1. The average Bonchev–Trinajstić information content (AvgIpc) is 3.08. The fourth-order valence-electron chi connectivity index (χ4n) is 3.99. The second kappa shape index (κ2) is 7.67. The number of Topliss-reactive ketones (excluding diaryl/α,β-unsaturated/α-hetero) is 1. The van der Waals surface area contributed by atoms with Gasteiger partial charge in [-0.25, -0.2) is 4.68 Å². The Morgan fingerprint density at radius 3 is 2.40 bits per heavy atom. The number of aromatic nitrogens is 2. The summed E-state index contributed by atoms with van der Waals surface area (Å²) in [6.45, 7) is 3.84. The molecule has 0 fully saturated rings. The minimum absolute atomic E-state index is 0.0351. The Balaban J connectivity index is 1.86. The molecule has 1 atom stereocenters. The number of ketones is 1. The molecule has 1 amide bonds. The fraction of sp³-hybridized carbons (Fsp3) is 0.261. The molecular weight excluding hydrogens is 382 g/mol. The molecule has 0 saturated carbocycles. The first-order valence-corrected chi connectivity index (χ1v) is 9.66. The average molecular weight is 405 g/mol. The number of ether oxygens (including phenoxy) is 2. The van der Waals surface area contributed by atoms with Gasteiger partial charge in [0, 0.05) is 12.0 Å². The molecule has 4 rings (SSSR count). The van der Waals surface area contributed by atoms with Crippen molar-refractivity contribution < 1.29 is 19.1 Å². The molecule has 0 saturated heterocycles. The van der Waals surface area contributed by atoms with Crippen molar-refractivity contribution in [3.63, 3.8) is 0 Å². The van der Waals surface area contributed by atoms with Crippen LogP contribution in [0.25, 0.3) is 5.69 Å². The number of amides is 1. The van der Waals surface area contributed by atoms with Gasteiger partial charge >= 0.3 is 0 Å². The predicted molar refractivity (Wildman–Crippen MR) is 113 cm³/mol. The molecule has 0 radical (unpaired) electrons. The number of anilines is 1. The van der Waals surface area contributed by atoms with E-state index in [4.69, 9.17) is 9.47 Å². The molecular formula is C23H23N3O4. The Hall–Kier alpha value is -3.61. The largest absolute Gasteiger partial charge is 0.496 e. The number of fused-ring (bicyclic) bond motifs is 1. The highest BCUT2D eigenvalue weighted by Gasteiger charge is 2.38. The first-order valence-electron chi connectivity index (χ1n) is 9.66. The number of carbonyl (C=O) groups excluding carboxylic acids is 2. The topological polar surface area (TPSA) is 82.4 Å². The third-order valence-electron chi connectivity index (χ3n) is 5.34. The van der Waals surface area contributed by atoms with Gasteiger partial charge in [-0.1, -0.05) is 18.2 Å². The van der Waals surface area contributed by atoms with Crippen LogP contribution in [-0.2, 0) is 4.79 Å². The van der Waals surface area contributed by atoms with Crippen LogP contribution >= 0.6 is 0 Å². The molecule has 154 valence electrons. The van der Waals surface area contributed by atoms with Crippen LogP contribution in [0.5, 0.6) is 11.5 Å². The Morgan fingerprint density at radius 2 is 1.77 bits per heavy atom. The van der Waals surface area contributed by atoms with E-state index in [0.717, 1.165) is 11.3 Å². The summed E-state index contributed by atoms with van der Waals surface area (Å²) in [5.41, 5.74) is 3.63. The van der Waals surface area contributed by atoms with Crippen molar-refractivity contribution in [2.75, 3.05) is 19.5 Å². The van der Waals surface area contributed by atoms with Crippen LogP contribution in [0.2, 0.25) is 0 Å². The van der Waals surface area contributed by atoms with Gasteiger partial charge in [-0.3, -0.25) is 9.59 Å². The molecule has 0 unspecified atom stereocenters. The summed E-state index contributed by atoms with van der Waals surface area (Å²) in [5, 5.41) is 7.54. The second-order valence-corrected chi connectivity index (χ2v) is 7.31. The molecule has 30 heavy (non-hydrogen) atoms. The minimum atomic E-state index is -0.683. The monoisotopic (exact) mass is 405 g/mol. The SMILES string of the molecule is COc1cccc(OC)c1C(=O)[C@H]1CC(=O)Nc2c1c(C)nn2-c1cccc(C)c1. The molecule has 1 aliphatic heterocycles. The molecule has 3 aromatic rings. The maximum absolute atomic E-state index is 13.6. The van der Waals surface area contributed by atoms with Gasteiger partial charge in [0.1, 0.15) is 22.9 Å². The van der Waals surface area contributed by atoms with E-state index < -0.39 is 5.92 Å². The van der Waals surface area contributed by atoms with E-state index in [2.05, 4.69) is 10.4 Å². The summed E-state index contributed by atoms with van der Waals surface area (Å²) < 4.78 is 12.5. The Labute approximate surface area is 174 Å². The number of nitrogens with zero attached hydrogens (tertiary/aromatic N) is 2. The smallest absolute Gasteiger partial charge is 0.226 e. The molecule has 2 heterocycles. The van der Waals surface area contributed by atoms with Gasteiger partial charge in [-0.05, 0) is 43.7 Å². The quantitative estimate of drug-likeness (QED) is 0.653. The van der Waals surface area contributed by atoms with Crippen molar-refractivity contribution in [1.82, 2.24) is 9.78 Å². The van der Waals surface area contributed by atoms with Crippen molar-refractivity contribution in [2.24, 2.45) is 0 Å². The van der Waals surface area contributed by atoms with Gasteiger partial charge in [-0.2, -0.15) is 5.10 Å². The fourth-order valence-corrected chi connectivity index (χ4v) is 3.99. The predicted octanol–water partition coefficient (Wildman–Crippen LogP) is 3.82. The van der Waals surface area contributed by atoms with Gasteiger partial charge in [0.25, 0.3) is 0 Å². The number of rotatable bonds is 5. The lowest BCUT2D eigenvalue weighted by Crippen LogP contribution is -2.29. The van der Waals surface area contributed by atoms with E-state index in [1.165, 1.54) is 14.2 Å². The first-order chi connectivity index (χ1) is 14.4. The number of methoxy groups -OCH3 is 2. The van der Waals surface area contributed by atoms with Crippen molar-refractivity contribution >= 4 is 17.5 Å². The molecule has 0 aliphatic carbocycles. The van der Waals surface area contributed by atoms with E-state index >= 15 is 0 Å². The van der Waals surface area contributed by atoms with Gasteiger partial charge in [0.15, 0.2) is 5.78 Å². The summed E-state index contributed by atoms with van der Waals surface area (Å²) >= 11 is 0. The van der Waals surface area contributed by atoms with Crippen molar-refractivity contribution in [2.45, 2.75) is 26.2 Å². The van der Waals surface area contributed by atoms with Crippen LogP contribution in [0.3, 0.4) is 0 Å². The summed E-state index contributed by atoms with van der Waals surface area (Å²) in [4.78, 5) is 26.2. The van der Waals surface area contributed by atoms with Crippen LogP contribution in [-0.4, -0.2) is 35.7 Å². The van der Waals surface area contributed by atoms with Crippen LogP contribution < -0.4 is 14.8 Å². The molecule has 2 aromatic carbocycles. The summed E-state index contributed by atoms with van der Waals surface area (Å²) in [6.07, 6.45) is 0.0351. The van der Waals surface area contributed by atoms with Crippen molar-refractivity contribution in [3.8, 4) is 17.2 Å². The lowest BCUT2D eigenvalue weighted by Gasteiger charge is -2.24. The van der Waals surface area contributed by atoms with Crippen LogP contribution in [0.1, 0.15) is 39.5 Å². The van der Waals surface area contributed by atoms with Crippen LogP contribution in [0, 0.1) is 13.8 Å². The van der Waals surface area contributed by atoms with E-state index in [9.17, 15) is 9.59 Å². The Kier molecular flexibility index (Phi) is 5.03. The van der Waals surface area contributed by atoms with Crippen molar-refractivity contribution in [3.05, 3.63) is 64.8 Å². The van der Waals surface area contributed by atoms with Crippen LogP contribution in [0.4, 0.5) is 5.82 Å². The molecule has 7 nitrogen and oxygen atoms in total. The number of hydrogen-bond acceptors (Lipinski definition) is 5. The summed E-state index contributed by atoms with van der Waals surface area (Å²) in [5.74, 6) is 0.209. The van der Waals surface area contributed by atoms with E-state index in [1.807, 2.05) is 38.1 Å². The lowest BCUT2D eigenvalue weighted by molar-refractivity contribution is -0.116. The molecule has 0 spiro atoms. The normalized spacial score (nSPS) is 15.3. The Bertz CT molecular complexity index is 1130. The number of nitrogens with one attached hydrogen (secondary N) is 1. The summed E-state index contributed by atoms with van der Waals surface area (Å²) in [6, 6.07) is 13.0. The minimum Gasteiger partial charge on any atom is -0.496 e. The van der Waals surface area contributed by atoms with E-state index in [1.54, 1.807) is 22.9 Å². The first kappa shape index (κ1) is 19.7. The van der Waals surface area contributed by atoms with Gasteiger partial charge in [0.2, 0.25) is 5.91 Å². The molecule has 1 N–H and O–H groups in total. The third-order valence-corrected chi connectivity index (χ3v) is 5.34. The van der Waals surface area contributed by atoms with Gasteiger partial charge in [0.05, 0.1) is 31.5 Å². The zero-order chi connectivity index (χ0) is 21.4. The lowest BCUT2D eigenvalue weighted by atomic mass is 9.85. The summed E-state index contributed by atoms with van der Waals surface area (Å²) in [7, 11) is 3.01. The number of aryl methyl sites for hydroxylation is 2. The molecule has 0 bridgehead atoms. The van der Waals surface area contributed by atoms with Crippen molar-refractivity contribution in [1.29, 1.82) is 0 Å². The van der Waals surface area contributed by atoms with Gasteiger partial charge in [-0.15, -0.1) is 0 Å². The van der Waals surface area contributed by atoms with Crippen LogP contribution in [0.15, 0.2) is 42.5 Å². The van der Waals surface area contributed by atoms with E-state index in [-0.39, 0.29) is 18.1 Å². The molecule has 1 aromatic heterocycles. The standard InChI is InChI=1S/C23H23N3O4/c1-13-7-5-8-15(11-13)26-23-20(14(2)25-26)16(12-19(27)24-23)22(28)21-17(29-3)9-6-10-18(21)30-4/h5-11,16H,12H2,1-4H3,(H,24,27)/t16-/m0/s1. The van der Waals surface area contributed by atoms with E-state index in [0.29, 0.717) is 34.1 Å². The zero-order valence-corrected chi connectivity index (χ0v) is 17.4. The highest BCUT2D eigenvalue weighted by atomic mass is 16.5. The Morgan fingerprint density at radius 1 is 1.10 bits per heavy atom. The zero-order valence-electron chi connectivity index (χ0n) is 17.4. The molecule has 7 heteroatoms. The highest BCUT2D eigenvalue weighted by Crippen LogP contribution is 2.41. The maximum atomic E-state index is 13.6. The number of benzene rings is 2.